The van der Waals surface area contributed by atoms with Crippen molar-refractivity contribution in [2.45, 2.75) is 52.7 Å². The molecule has 0 saturated heterocycles. The van der Waals surface area contributed by atoms with E-state index in [2.05, 4.69) is 49.2 Å². The van der Waals surface area contributed by atoms with Crippen LogP contribution >= 0.6 is 0 Å². The minimum Gasteiger partial charge on any atom is -0.394 e. The van der Waals surface area contributed by atoms with Crippen molar-refractivity contribution in [1.29, 1.82) is 0 Å². The maximum Gasteiger partial charge on any atom is 0.0658 e. The lowest BCUT2D eigenvalue weighted by molar-refractivity contribution is 0.216. The average molecular weight is 264 g/mol. The monoisotopic (exact) mass is 264 g/mol. The van der Waals surface area contributed by atoms with Gasteiger partial charge in [-0.15, -0.1) is 0 Å². The van der Waals surface area contributed by atoms with Gasteiger partial charge in [0.2, 0.25) is 0 Å². The summed E-state index contributed by atoms with van der Waals surface area (Å²) in [5.41, 5.74) is 3.46. The molecule has 0 aliphatic heterocycles. The maximum absolute atomic E-state index is 9.53. The Hall–Kier alpha value is -1.06. The first-order valence-electron chi connectivity index (χ1n) is 6.95. The van der Waals surface area contributed by atoms with Crippen LogP contribution in [0.5, 0.6) is 0 Å². The van der Waals surface area contributed by atoms with Crippen molar-refractivity contribution in [2.24, 2.45) is 0 Å². The number of anilines is 1. The molecule has 0 radical (unpaired) electrons. The lowest BCUT2D eigenvalue weighted by atomic mass is 10.0. The second-order valence-corrected chi connectivity index (χ2v) is 6.20. The van der Waals surface area contributed by atoms with Gasteiger partial charge in [-0.2, -0.15) is 0 Å². The number of nitrogens with one attached hydrogen (secondary N) is 1. The van der Waals surface area contributed by atoms with Gasteiger partial charge in [-0.1, -0.05) is 31.5 Å². The summed E-state index contributed by atoms with van der Waals surface area (Å²) in [5, 5.41) is 13.0. The van der Waals surface area contributed by atoms with E-state index in [1.165, 1.54) is 16.8 Å². The van der Waals surface area contributed by atoms with E-state index < -0.39 is 0 Å². The van der Waals surface area contributed by atoms with Crippen LogP contribution in [0, 0.1) is 6.92 Å². The second kappa shape index (κ2) is 6.40. The Morgan fingerprint density at radius 1 is 1.32 bits per heavy atom. The molecule has 3 heteroatoms. The summed E-state index contributed by atoms with van der Waals surface area (Å²) in [6, 6.07) is 6.95. The van der Waals surface area contributed by atoms with Crippen LogP contribution in [0.4, 0.5) is 5.69 Å². The summed E-state index contributed by atoms with van der Waals surface area (Å²) in [6.07, 6.45) is 0. The van der Waals surface area contributed by atoms with E-state index in [-0.39, 0.29) is 12.1 Å². The van der Waals surface area contributed by atoms with E-state index in [1.807, 2.05) is 20.9 Å². The Balaban J connectivity index is 3.05. The van der Waals surface area contributed by atoms with Crippen LogP contribution in [-0.4, -0.2) is 30.3 Å². The lowest BCUT2D eigenvalue weighted by Crippen LogP contribution is -2.45. The molecule has 0 saturated carbocycles. The van der Waals surface area contributed by atoms with Crippen LogP contribution < -0.4 is 10.2 Å². The first-order valence-corrected chi connectivity index (χ1v) is 6.95. The number of aliphatic hydroxyl groups is 1. The van der Waals surface area contributed by atoms with Gasteiger partial charge in [0.25, 0.3) is 0 Å². The Morgan fingerprint density at radius 2 is 1.95 bits per heavy atom. The highest BCUT2D eigenvalue weighted by Gasteiger charge is 2.24. The zero-order valence-corrected chi connectivity index (χ0v) is 13.1. The van der Waals surface area contributed by atoms with Gasteiger partial charge < -0.3 is 15.3 Å². The summed E-state index contributed by atoms with van der Waals surface area (Å²) < 4.78 is 0. The summed E-state index contributed by atoms with van der Waals surface area (Å²) in [4.78, 5) is 2.16. The smallest absolute Gasteiger partial charge is 0.0658 e. The van der Waals surface area contributed by atoms with Crippen molar-refractivity contribution >= 4 is 5.69 Å². The molecule has 1 rings (SSSR count). The van der Waals surface area contributed by atoms with E-state index in [9.17, 15) is 5.11 Å². The van der Waals surface area contributed by atoms with Gasteiger partial charge in [0.15, 0.2) is 0 Å². The zero-order chi connectivity index (χ0) is 14.6. The van der Waals surface area contributed by atoms with Crippen molar-refractivity contribution in [2.75, 3.05) is 18.6 Å². The molecule has 19 heavy (non-hydrogen) atoms. The summed E-state index contributed by atoms with van der Waals surface area (Å²) in [5.74, 6) is 0. The predicted molar refractivity (Wildman–Crippen MR) is 82.7 cm³/mol. The fraction of sp³-hybridized carbons (Fsp3) is 0.625. The van der Waals surface area contributed by atoms with E-state index in [4.69, 9.17) is 0 Å². The highest BCUT2D eigenvalue weighted by atomic mass is 16.3. The highest BCUT2D eigenvalue weighted by molar-refractivity contribution is 5.56. The molecule has 0 heterocycles. The molecule has 2 N–H and O–H groups in total. The molecule has 0 aromatic heterocycles. The molecule has 0 unspecified atom stereocenters. The van der Waals surface area contributed by atoms with Crippen LogP contribution in [0.15, 0.2) is 18.2 Å². The normalized spacial score (nSPS) is 12.0. The number of benzene rings is 1. The van der Waals surface area contributed by atoms with Gasteiger partial charge in [-0.05, 0) is 32.4 Å². The number of hydrogen-bond donors (Lipinski definition) is 2. The average Bonchev–Trinajstić information content (AvgIpc) is 2.35. The van der Waals surface area contributed by atoms with Gasteiger partial charge in [0.1, 0.15) is 0 Å². The third-order valence-corrected chi connectivity index (χ3v) is 3.59. The third kappa shape index (κ3) is 4.22. The van der Waals surface area contributed by atoms with E-state index in [0.717, 1.165) is 6.54 Å². The van der Waals surface area contributed by atoms with Gasteiger partial charge in [-0.25, -0.2) is 0 Å². The van der Waals surface area contributed by atoms with E-state index in [1.54, 1.807) is 0 Å². The first-order chi connectivity index (χ1) is 8.77. The van der Waals surface area contributed by atoms with Crippen LogP contribution in [0.3, 0.4) is 0 Å². The Labute approximate surface area is 117 Å². The Kier molecular flexibility index (Phi) is 5.39. The molecule has 0 spiro atoms. The number of likely N-dealkylation sites (N-methyl/N-ethyl adjacent to an activating group) is 1. The van der Waals surface area contributed by atoms with Gasteiger partial charge in [0, 0.05) is 25.3 Å². The maximum atomic E-state index is 9.53. The SMILES string of the molecule is Cc1ccc(N(C)C(C)(C)CO)c(CNC(C)C)c1. The van der Waals surface area contributed by atoms with Gasteiger partial charge in [0.05, 0.1) is 12.1 Å². The van der Waals surface area contributed by atoms with Crippen molar-refractivity contribution in [3.8, 4) is 0 Å². The van der Waals surface area contributed by atoms with Crippen molar-refractivity contribution in [3.05, 3.63) is 29.3 Å². The topological polar surface area (TPSA) is 35.5 Å². The van der Waals surface area contributed by atoms with Crippen molar-refractivity contribution < 1.29 is 5.11 Å². The zero-order valence-electron chi connectivity index (χ0n) is 13.1. The summed E-state index contributed by atoms with van der Waals surface area (Å²) in [7, 11) is 2.04. The summed E-state index contributed by atoms with van der Waals surface area (Å²) >= 11 is 0. The number of rotatable bonds is 6. The van der Waals surface area contributed by atoms with Crippen LogP contribution in [0.2, 0.25) is 0 Å². The predicted octanol–water partition coefficient (Wildman–Crippen LogP) is 2.70. The minimum atomic E-state index is -0.262. The molecule has 0 fully saturated rings. The largest absolute Gasteiger partial charge is 0.394 e. The van der Waals surface area contributed by atoms with Crippen LogP contribution in [0.1, 0.15) is 38.8 Å². The Bertz CT molecular complexity index is 413. The molecule has 0 aliphatic rings. The van der Waals surface area contributed by atoms with Crippen LogP contribution in [0.25, 0.3) is 0 Å². The third-order valence-electron chi connectivity index (χ3n) is 3.59. The summed E-state index contributed by atoms with van der Waals surface area (Å²) in [6.45, 7) is 11.5. The molecule has 108 valence electrons. The Morgan fingerprint density at radius 3 is 2.47 bits per heavy atom. The molecule has 0 bridgehead atoms. The fourth-order valence-electron chi connectivity index (χ4n) is 1.93. The van der Waals surface area contributed by atoms with E-state index >= 15 is 0 Å². The van der Waals surface area contributed by atoms with E-state index in [0.29, 0.717) is 6.04 Å². The molecular formula is C16H28N2O. The molecule has 1 aromatic carbocycles. The minimum absolute atomic E-state index is 0.133. The molecule has 1 aromatic rings. The standard InChI is InChI=1S/C16H28N2O/c1-12(2)17-10-14-9-13(3)7-8-15(14)18(6)16(4,5)11-19/h7-9,12,17,19H,10-11H2,1-6H3. The quantitative estimate of drug-likeness (QED) is 0.829. The molecule has 0 atom stereocenters. The number of nitrogens with zero attached hydrogens (tertiary/aromatic N) is 1. The lowest BCUT2D eigenvalue weighted by Gasteiger charge is -2.37. The number of hydrogen-bond acceptors (Lipinski definition) is 3. The van der Waals surface area contributed by atoms with Crippen molar-refractivity contribution in [3.63, 3.8) is 0 Å². The number of aryl methyl sites for hydroxylation is 1. The van der Waals surface area contributed by atoms with Gasteiger partial charge >= 0.3 is 0 Å². The molecule has 0 amide bonds. The fourth-order valence-corrected chi connectivity index (χ4v) is 1.93. The van der Waals surface area contributed by atoms with Gasteiger partial charge in [-0.3, -0.25) is 0 Å². The molecular weight excluding hydrogens is 236 g/mol. The van der Waals surface area contributed by atoms with Crippen LogP contribution in [-0.2, 0) is 6.54 Å². The highest BCUT2D eigenvalue weighted by Crippen LogP contribution is 2.27. The molecule has 3 nitrogen and oxygen atoms in total. The second-order valence-electron chi connectivity index (χ2n) is 6.20. The molecule has 0 aliphatic carbocycles. The first kappa shape index (κ1) is 16.0. The number of aliphatic hydroxyl groups excluding tert-OH is 1. The van der Waals surface area contributed by atoms with Crippen molar-refractivity contribution in [1.82, 2.24) is 5.32 Å².